The molecule has 0 radical (unpaired) electrons. The minimum atomic E-state index is -0.182. The summed E-state index contributed by atoms with van der Waals surface area (Å²) in [6.07, 6.45) is 3.05. The molecule has 2 amide bonds. The normalized spacial score (nSPS) is 10.3. The molecule has 0 saturated carbocycles. The molecule has 0 bridgehead atoms. The second kappa shape index (κ2) is 10.5. The maximum absolute atomic E-state index is 11.6. The van der Waals surface area contributed by atoms with Crippen molar-refractivity contribution in [3.63, 3.8) is 0 Å². The first-order chi connectivity index (χ1) is 9.74. The van der Waals surface area contributed by atoms with Gasteiger partial charge in [0.2, 0.25) is 0 Å². The highest BCUT2D eigenvalue weighted by molar-refractivity contribution is 6.31. The van der Waals surface area contributed by atoms with Crippen molar-refractivity contribution in [2.45, 2.75) is 32.7 Å². The van der Waals surface area contributed by atoms with E-state index in [4.69, 9.17) is 16.3 Å². The molecule has 0 unspecified atom stereocenters. The Labute approximate surface area is 125 Å². The van der Waals surface area contributed by atoms with Gasteiger partial charge in [-0.15, -0.1) is 0 Å². The SMILES string of the molecule is CCCCOCCCNC(=O)NCc1ccccc1Cl. The zero-order valence-corrected chi connectivity index (χ0v) is 12.7. The average molecular weight is 299 g/mol. The maximum atomic E-state index is 11.6. The van der Waals surface area contributed by atoms with Crippen LogP contribution < -0.4 is 10.6 Å². The third-order valence-corrected chi connectivity index (χ3v) is 3.16. The van der Waals surface area contributed by atoms with Crippen LogP contribution >= 0.6 is 11.6 Å². The van der Waals surface area contributed by atoms with Crippen LogP contribution in [0.15, 0.2) is 24.3 Å². The molecule has 112 valence electrons. The fourth-order valence-electron chi connectivity index (χ4n) is 1.60. The van der Waals surface area contributed by atoms with E-state index in [0.717, 1.165) is 31.4 Å². The maximum Gasteiger partial charge on any atom is 0.315 e. The smallest absolute Gasteiger partial charge is 0.315 e. The van der Waals surface area contributed by atoms with Crippen molar-refractivity contribution in [2.24, 2.45) is 0 Å². The van der Waals surface area contributed by atoms with Gasteiger partial charge in [-0.1, -0.05) is 43.1 Å². The summed E-state index contributed by atoms with van der Waals surface area (Å²) >= 11 is 6.01. The van der Waals surface area contributed by atoms with E-state index in [1.54, 1.807) is 0 Å². The molecule has 1 aromatic rings. The van der Waals surface area contributed by atoms with E-state index in [1.807, 2.05) is 24.3 Å². The summed E-state index contributed by atoms with van der Waals surface area (Å²) in [5, 5.41) is 6.23. The van der Waals surface area contributed by atoms with Crippen molar-refractivity contribution in [3.05, 3.63) is 34.9 Å². The number of unbranched alkanes of at least 4 members (excludes halogenated alkanes) is 1. The predicted molar refractivity (Wildman–Crippen MR) is 82.0 cm³/mol. The summed E-state index contributed by atoms with van der Waals surface area (Å²) in [6.45, 7) is 4.66. The van der Waals surface area contributed by atoms with Gasteiger partial charge in [0.25, 0.3) is 0 Å². The number of urea groups is 1. The van der Waals surface area contributed by atoms with Crippen molar-refractivity contribution in [2.75, 3.05) is 19.8 Å². The third kappa shape index (κ3) is 7.36. The van der Waals surface area contributed by atoms with Crippen molar-refractivity contribution < 1.29 is 9.53 Å². The third-order valence-electron chi connectivity index (χ3n) is 2.79. The van der Waals surface area contributed by atoms with Crippen LogP contribution in [0.4, 0.5) is 4.79 Å². The molecule has 0 spiro atoms. The number of halogens is 1. The first-order valence-electron chi connectivity index (χ1n) is 7.07. The molecule has 5 heteroatoms. The van der Waals surface area contributed by atoms with E-state index >= 15 is 0 Å². The molecule has 0 aliphatic heterocycles. The lowest BCUT2D eigenvalue weighted by Gasteiger charge is -2.09. The van der Waals surface area contributed by atoms with Gasteiger partial charge in [-0.25, -0.2) is 4.79 Å². The van der Waals surface area contributed by atoms with Gasteiger partial charge in [-0.2, -0.15) is 0 Å². The number of nitrogens with one attached hydrogen (secondary N) is 2. The van der Waals surface area contributed by atoms with E-state index in [9.17, 15) is 4.79 Å². The summed E-state index contributed by atoms with van der Waals surface area (Å²) in [6, 6.07) is 7.28. The molecule has 0 fully saturated rings. The lowest BCUT2D eigenvalue weighted by atomic mass is 10.2. The van der Waals surface area contributed by atoms with Crippen molar-refractivity contribution in [3.8, 4) is 0 Å². The lowest BCUT2D eigenvalue weighted by molar-refractivity contribution is 0.129. The van der Waals surface area contributed by atoms with E-state index in [2.05, 4.69) is 17.6 Å². The summed E-state index contributed by atoms with van der Waals surface area (Å²) in [5.74, 6) is 0. The van der Waals surface area contributed by atoms with Gasteiger partial charge in [0.15, 0.2) is 0 Å². The Balaban J connectivity index is 2.05. The molecule has 1 aromatic carbocycles. The number of hydrogen-bond acceptors (Lipinski definition) is 2. The molecule has 20 heavy (non-hydrogen) atoms. The minimum Gasteiger partial charge on any atom is -0.381 e. The van der Waals surface area contributed by atoms with Gasteiger partial charge < -0.3 is 15.4 Å². The molecule has 0 heterocycles. The van der Waals surface area contributed by atoms with Crippen LogP contribution in [0.3, 0.4) is 0 Å². The number of carbonyl (C=O) groups excluding carboxylic acids is 1. The molecule has 4 nitrogen and oxygen atoms in total. The summed E-state index contributed by atoms with van der Waals surface area (Å²) in [7, 11) is 0. The Morgan fingerprint density at radius 3 is 2.70 bits per heavy atom. The van der Waals surface area contributed by atoms with Crippen LogP contribution in [-0.4, -0.2) is 25.8 Å². The average Bonchev–Trinajstić information content (AvgIpc) is 2.45. The molecule has 0 aromatic heterocycles. The fourth-order valence-corrected chi connectivity index (χ4v) is 1.81. The largest absolute Gasteiger partial charge is 0.381 e. The van der Waals surface area contributed by atoms with Crippen LogP contribution in [0.25, 0.3) is 0 Å². The number of ether oxygens (including phenoxy) is 1. The highest BCUT2D eigenvalue weighted by Gasteiger charge is 2.02. The minimum absolute atomic E-state index is 0.182. The van der Waals surface area contributed by atoms with Crippen LogP contribution in [0.1, 0.15) is 31.7 Å². The quantitative estimate of drug-likeness (QED) is 0.687. The van der Waals surface area contributed by atoms with E-state index in [0.29, 0.717) is 24.7 Å². The topological polar surface area (TPSA) is 50.4 Å². The van der Waals surface area contributed by atoms with Gasteiger partial charge in [0.1, 0.15) is 0 Å². The first-order valence-corrected chi connectivity index (χ1v) is 7.44. The van der Waals surface area contributed by atoms with Gasteiger partial charge >= 0.3 is 6.03 Å². The number of carbonyl (C=O) groups is 1. The molecule has 0 aliphatic rings. The van der Waals surface area contributed by atoms with Gasteiger partial charge in [0.05, 0.1) is 0 Å². The number of rotatable bonds is 9. The number of hydrogen-bond donors (Lipinski definition) is 2. The Bertz CT molecular complexity index is 399. The summed E-state index contributed by atoms with van der Waals surface area (Å²) < 4.78 is 5.41. The van der Waals surface area contributed by atoms with Gasteiger partial charge in [-0.05, 0) is 24.5 Å². The molecule has 0 atom stereocenters. The monoisotopic (exact) mass is 298 g/mol. The highest BCUT2D eigenvalue weighted by atomic mass is 35.5. The first kappa shape index (κ1) is 16.8. The molecule has 0 aliphatic carbocycles. The van der Waals surface area contributed by atoms with Crippen molar-refractivity contribution in [1.29, 1.82) is 0 Å². The fraction of sp³-hybridized carbons (Fsp3) is 0.533. The zero-order chi connectivity index (χ0) is 14.6. The van der Waals surface area contributed by atoms with Crippen LogP contribution in [-0.2, 0) is 11.3 Å². The lowest BCUT2D eigenvalue weighted by Crippen LogP contribution is -2.35. The van der Waals surface area contributed by atoms with Gasteiger partial charge in [0, 0.05) is 31.3 Å². The van der Waals surface area contributed by atoms with E-state index < -0.39 is 0 Å². The molecule has 1 rings (SSSR count). The predicted octanol–water partition coefficient (Wildman–Crippen LogP) is 3.35. The summed E-state index contributed by atoms with van der Waals surface area (Å²) in [4.78, 5) is 11.6. The standard InChI is InChI=1S/C15H23ClN2O2/c1-2-3-10-20-11-6-9-17-15(19)18-12-13-7-4-5-8-14(13)16/h4-5,7-8H,2-3,6,9-12H2,1H3,(H2,17,18,19). The Morgan fingerprint density at radius 1 is 1.20 bits per heavy atom. The Hall–Kier alpha value is -1.26. The van der Waals surface area contributed by atoms with Crippen LogP contribution in [0, 0.1) is 0 Å². The van der Waals surface area contributed by atoms with Crippen molar-refractivity contribution in [1.82, 2.24) is 10.6 Å². The highest BCUT2D eigenvalue weighted by Crippen LogP contribution is 2.13. The number of amides is 2. The van der Waals surface area contributed by atoms with E-state index in [1.165, 1.54) is 0 Å². The van der Waals surface area contributed by atoms with Crippen molar-refractivity contribution >= 4 is 17.6 Å². The molecule has 2 N–H and O–H groups in total. The molecule has 0 saturated heterocycles. The van der Waals surface area contributed by atoms with Crippen LogP contribution in [0.5, 0.6) is 0 Å². The summed E-state index contributed by atoms with van der Waals surface area (Å²) in [5.41, 5.74) is 0.909. The van der Waals surface area contributed by atoms with Crippen LogP contribution in [0.2, 0.25) is 5.02 Å². The Kier molecular flexibility index (Phi) is 8.83. The molecular weight excluding hydrogens is 276 g/mol. The van der Waals surface area contributed by atoms with Gasteiger partial charge in [-0.3, -0.25) is 0 Å². The second-order valence-corrected chi connectivity index (χ2v) is 4.93. The number of benzene rings is 1. The Morgan fingerprint density at radius 2 is 1.95 bits per heavy atom. The van der Waals surface area contributed by atoms with E-state index in [-0.39, 0.29) is 6.03 Å². The molecular formula is C15H23ClN2O2. The zero-order valence-electron chi connectivity index (χ0n) is 12.0. The second-order valence-electron chi connectivity index (χ2n) is 4.52.